The highest BCUT2D eigenvalue weighted by Crippen LogP contribution is 2.27. The number of thiazole rings is 1. The summed E-state index contributed by atoms with van der Waals surface area (Å²) in [5.74, 6) is -0.371. The molecule has 0 saturated carbocycles. The summed E-state index contributed by atoms with van der Waals surface area (Å²) in [6, 6.07) is 10.9. The van der Waals surface area contributed by atoms with E-state index in [9.17, 15) is 4.39 Å². The summed E-state index contributed by atoms with van der Waals surface area (Å²) < 4.78 is 13.2. The average molecular weight is 285 g/mol. The fourth-order valence-corrected chi connectivity index (χ4v) is 2.77. The normalized spacial score (nSPS) is 12.3. The number of hydrogen-bond donors (Lipinski definition) is 1. The molecule has 2 N–H and O–H groups in total. The van der Waals surface area contributed by atoms with Gasteiger partial charge in [-0.05, 0) is 11.6 Å². The van der Waals surface area contributed by atoms with Crippen molar-refractivity contribution in [2.75, 3.05) is 0 Å². The molecule has 100 valence electrons. The number of nitrogens with zero attached hydrogens (tertiary/aromatic N) is 2. The average Bonchev–Trinajstić information content (AvgIpc) is 2.97. The summed E-state index contributed by atoms with van der Waals surface area (Å²) in [5, 5.41) is 2.67. The molecule has 0 amide bonds. The van der Waals surface area contributed by atoms with Crippen LogP contribution in [0, 0.1) is 5.82 Å². The molecule has 1 aromatic carbocycles. The molecule has 0 aliphatic rings. The standard InChI is InChI=1S/C15H12FN3S/c16-12-6-11(7-18-8-12)13-9-20-15(19-13)14(17)10-4-2-1-3-5-10/h1-9,14H,17H2. The maximum absolute atomic E-state index is 13.2. The van der Waals surface area contributed by atoms with E-state index in [1.54, 1.807) is 6.20 Å². The van der Waals surface area contributed by atoms with Crippen LogP contribution in [-0.4, -0.2) is 9.97 Å². The molecule has 0 spiro atoms. The van der Waals surface area contributed by atoms with Crippen molar-refractivity contribution >= 4 is 11.3 Å². The number of benzene rings is 1. The Morgan fingerprint density at radius 1 is 1.15 bits per heavy atom. The fourth-order valence-electron chi connectivity index (χ4n) is 1.92. The van der Waals surface area contributed by atoms with Crippen LogP contribution in [0.15, 0.2) is 54.2 Å². The van der Waals surface area contributed by atoms with Crippen LogP contribution in [0.4, 0.5) is 4.39 Å². The minimum absolute atomic E-state index is 0.267. The third-order valence-corrected chi connectivity index (χ3v) is 3.88. The van der Waals surface area contributed by atoms with Crippen LogP contribution >= 0.6 is 11.3 Å². The van der Waals surface area contributed by atoms with Crippen LogP contribution in [0.1, 0.15) is 16.6 Å². The predicted molar refractivity (Wildman–Crippen MR) is 77.8 cm³/mol. The van der Waals surface area contributed by atoms with E-state index in [1.807, 2.05) is 35.7 Å². The highest BCUT2D eigenvalue weighted by molar-refractivity contribution is 7.10. The number of rotatable bonds is 3. The van der Waals surface area contributed by atoms with Gasteiger partial charge in [0.05, 0.1) is 17.9 Å². The molecule has 3 aromatic rings. The zero-order valence-corrected chi connectivity index (χ0v) is 11.3. The smallest absolute Gasteiger partial charge is 0.142 e. The molecule has 2 heterocycles. The molecule has 3 rings (SSSR count). The molecule has 1 unspecified atom stereocenters. The van der Waals surface area contributed by atoms with Gasteiger partial charge >= 0.3 is 0 Å². The quantitative estimate of drug-likeness (QED) is 0.802. The first-order chi connectivity index (χ1) is 9.74. The maximum Gasteiger partial charge on any atom is 0.142 e. The van der Waals surface area contributed by atoms with Gasteiger partial charge < -0.3 is 5.73 Å². The summed E-state index contributed by atoms with van der Waals surface area (Å²) >= 11 is 1.47. The minimum Gasteiger partial charge on any atom is -0.318 e. The van der Waals surface area contributed by atoms with Crippen molar-refractivity contribution in [1.82, 2.24) is 9.97 Å². The van der Waals surface area contributed by atoms with E-state index in [0.29, 0.717) is 11.3 Å². The summed E-state index contributed by atoms with van der Waals surface area (Å²) in [6.45, 7) is 0. The Bertz CT molecular complexity index is 712. The lowest BCUT2D eigenvalue weighted by Crippen LogP contribution is -2.11. The maximum atomic E-state index is 13.2. The van der Waals surface area contributed by atoms with Crippen molar-refractivity contribution in [3.8, 4) is 11.3 Å². The van der Waals surface area contributed by atoms with E-state index in [1.165, 1.54) is 23.6 Å². The van der Waals surface area contributed by atoms with E-state index >= 15 is 0 Å². The zero-order valence-electron chi connectivity index (χ0n) is 10.5. The second-order valence-corrected chi connectivity index (χ2v) is 5.24. The van der Waals surface area contributed by atoms with Gasteiger partial charge in [-0.15, -0.1) is 11.3 Å². The number of nitrogens with two attached hydrogens (primary N) is 1. The summed E-state index contributed by atoms with van der Waals surface area (Å²) in [6.07, 6.45) is 2.77. The van der Waals surface area contributed by atoms with E-state index in [-0.39, 0.29) is 11.9 Å². The van der Waals surface area contributed by atoms with Gasteiger partial charge in [0, 0.05) is 17.1 Å². The van der Waals surface area contributed by atoms with Gasteiger partial charge in [0.1, 0.15) is 10.8 Å². The van der Waals surface area contributed by atoms with Crippen LogP contribution in [-0.2, 0) is 0 Å². The van der Waals surface area contributed by atoms with Crippen LogP contribution in [0.5, 0.6) is 0 Å². The van der Waals surface area contributed by atoms with Crippen molar-refractivity contribution in [2.45, 2.75) is 6.04 Å². The van der Waals surface area contributed by atoms with E-state index in [0.717, 1.165) is 10.6 Å². The monoisotopic (exact) mass is 285 g/mol. The number of aromatic nitrogens is 2. The van der Waals surface area contributed by atoms with E-state index < -0.39 is 0 Å². The van der Waals surface area contributed by atoms with Gasteiger partial charge in [-0.2, -0.15) is 0 Å². The Hall–Kier alpha value is -2.11. The predicted octanol–water partition coefficient (Wildman–Crippen LogP) is 3.39. The molecule has 0 radical (unpaired) electrons. The SMILES string of the molecule is NC(c1ccccc1)c1nc(-c2cncc(F)c2)cs1. The number of halogens is 1. The molecule has 2 aromatic heterocycles. The third kappa shape index (κ3) is 2.59. The van der Waals surface area contributed by atoms with Gasteiger partial charge in [-0.25, -0.2) is 9.37 Å². The van der Waals surface area contributed by atoms with Gasteiger partial charge in [-0.3, -0.25) is 4.98 Å². The molecule has 0 aliphatic carbocycles. The Morgan fingerprint density at radius 2 is 1.95 bits per heavy atom. The van der Waals surface area contributed by atoms with Crippen molar-refractivity contribution in [3.05, 3.63) is 70.6 Å². The topological polar surface area (TPSA) is 51.8 Å². The summed E-state index contributed by atoms with van der Waals surface area (Å²) in [5.41, 5.74) is 8.56. The highest BCUT2D eigenvalue weighted by atomic mass is 32.1. The fraction of sp³-hybridized carbons (Fsp3) is 0.0667. The van der Waals surface area contributed by atoms with Crippen molar-refractivity contribution < 1.29 is 4.39 Å². The van der Waals surface area contributed by atoms with E-state index in [4.69, 9.17) is 5.73 Å². The molecule has 0 bridgehead atoms. The Balaban J connectivity index is 1.91. The lowest BCUT2D eigenvalue weighted by Gasteiger charge is -2.08. The lowest BCUT2D eigenvalue weighted by atomic mass is 10.1. The van der Waals surface area contributed by atoms with Crippen molar-refractivity contribution in [3.63, 3.8) is 0 Å². The Morgan fingerprint density at radius 3 is 2.70 bits per heavy atom. The molecule has 0 aliphatic heterocycles. The van der Waals surface area contributed by atoms with Gasteiger partial charge in [-0.1, -0.05) is 30.3 Å². The molecule has 5 heteroatoms. The van der Waals surface area contributed by atoms with Crippen molar-refractivity contribution in [2.24, 2.45) is 5.73 Å². The zero-order chi connectivity index (χ0) is 13.9. The van der Waals surface area contributed by atoms with Crippen LogP contribution < -0.4 is 5.73 Å². The van der Waals surface area contributed by atoms with Crippen molar-refractivity contribution in [1.29, 1.82) is 0 Å². The van der Waals surface area contributed by atoms with Gasteiger partial charge in [0.25, 0.3) is 0 Å². The molecular weight excluding hydrogens is 273 g/mol. The first kappa shape index (κ1) is 12.9. The molecule has 0 saturated heterocycles. The molecule has 20 heavy (non-hydrogen) atoms. The number of pyridine rings is 1. The molecule has 1 atom stereocenters. The number of hydrogen-bond acceptors (Lipinski definition) is 4. The van der Waals surface area contributed by atoms with Gasteiger partial charge in [0.15, 0.2) is 0 Å². The summed E-state index contributed by atoms with van der Waals surface area (Å²) in [4.78, 5) is 8.32. The van der Waals surface area contributed by atoms with Crippen LogP contribution in [0.3, 0.4) is 0 Å². The first-order valence-corrected chi connectivity index (χ1v) is 6.99. The lowest BCUT2D eigenvalue weighted by molar-refractivity contribution is 0.622. The third-order valence-electron chi connectivity index (χ3n) is 2.95. The Kier molecular flexibility index (Phi) is 3.54. The van der Waals surface area contributed by atoms with Gasteiger partial charge in [0.2, 0.25) is 0 Å². The van der Waals surface area contributed by atoms with Crippen LogP contribution in [0.25, 0.3) is 11.3 Å². The van der Waals surface area contributed by atoms with Crippen LogP contribution in [0.2, 0.25) is 0 Å². The highest BCUT2D eigenvalue weighted by Gasteiger charge is 2.14. The second-order valence-electron chi connectivity index (χ2n) is 4.35. The second kappa shape index (κ2) is 5.48. The minimum atomic E-state index is -0.371. The van der Waals surface area contributed by atoms with E-state index in [2.05, 4.69) is 9.97 Å². The first-order valence-electron chi connectivity index (χ1n) is 6.11. The largest absolute Gasteiger partial charge is 0.318 e. The molecule has 0 fully saturated rings. The summed E-state index contributed by atoms with van der Waals surface area (Å²) in [7, 11) is 0. The molecular formula is C15H12FN3S. The Labute approximate surface area is 119 Å². The molecule has 3 nitrogen and oxygen atoms in total.